The number of nitrogen functional groups attached to an aromatic ring is 1. The van der Waals surface area contributed by atoms with Gasteiger partial charge < -0.3 is 26.5 Å². The Morgan fingerprint density at radius 1 is 1.30 bits per heavy atom. The number of amides is 1. The highest BCUT2D eigenvalue weighted by Gasteiger charge is 2.17. The maximum atomic E-state index is 11.1. The van der Waals surface area contributed by atoms with Gasteiger partial charge in [-0.2, -0.15) is 0 Å². The largest absolute Gasteiger partial charge is 0.507 e. The molecule has 0 radical (unpaired) electrons. The van der Waals surface area contributed by atoms with Crippen molar-refractivity contribution in [3.63, 3.8) is 0 Å². The zero-order valence-corrected chi connectivity index (χ0v) is 15.7. The number of aromatic hydroxyl groups is 1. The van der Waals surface area contributed by atoms with Crippen LogP contribution in [0, 0.1) is 5.92 Å². The molecular formula is C21H28N4O2. The van der Waals surface area contributed by atoms with E-state index in [0.717, 1.165) is 37.4 Å². The number of H-pyrrole nitrogens is 1. The minimum absolute atomic E-state index is 0.0805. The van der Waals surface area contributed by atoms with Crippen molar-refractivity contribution in [1.82, 2.24) is 9.88 Å². The molecule has 6 heteroatoms. The second-order valence-corrected chi connectivity index (χ2v) is 6.68. The number of aromatic amines is 1. The van der Waals surface area contributed by atoms with Crippen molar-refractivity contribution in [1.29, 1.82) is 0 Å². The standard InChI is InChI=1S/C12H13N3O.C9H15NO/c13-10(7-8-5-6-15-12(8)14)9-3-1-2-4-11(9)16;1-3-9(11)10-6-4-8(2)5-7-10/h1-7,15-16H,13-14H2;3,8H,1,4-7H2,2H3/b10-7-;. The second kappa shape index (κ2) is 9.52. The lowest BCUT2D eigenvalue weighted by atomic mass is 9.99. The van der Waals surface area contributed by atoms with Crippen molar-refractivity contribution in [3.05, 3.63) is 60.3 Å². The van der Waals surface area contributed by atoms with Crippen LogP contribution in [0.15, 0.2) is 49.2 Å². The summed E-state index contributed by atoms with van der Waals surface area (Å²) >= 11 is 0. The van der Waals surface area contributed by atoms with Crippen LogP contribution in [0.3, 0.4) is 0 Å². The summed E-state index contributed by atoms with van der Waals surface area (Å²) in [5.74, 6) is 1.57. The number of hydrogen-bond acceptors (Lipinski definition) is 4. The summed E-state index contributed by atoms with van der Waals surface area (Å²) in [6, 6.07) is 8.73. The van der Waals surface area contributed by atoms with Gasteiger partial charge in [-0.15, -0.1) is 0 Å². The fraction of sp³-hybridized carbons (Fsp3) is 0.286. The van der Waals surface area contributed by atoms with Gasteiger partial charge in [0.05, 0.1) is 0 Å². The molecule has 2 aromatic rings. The van der Waals surface area contributed by atoms with Gasteiger partial charge in [-0.3, -0.25) is 4.79 Å². The molecule has 1 aromatic heterocycles. The van der Waals surface area contributed by atoms with Crippen molar-refractivity contribution in [3.8, 4) is 5.75 Å². The highest BCUT2D eigenvalue weighted by atomic mass is 16.3. The van der Waals surface area contributed by atoms with Gasteiger partial charge in [0.2, 0.25) is 5.91 Å². The molecule has 0 saturated carbocycles. The average Bonchev–Trinajstić information content (AvgIpc) is 3.07. The van der Waals surface area contributed by atoms with Gasteiger partial charge in [-0.05, 0) is 49.1 Å². The zero-order valence-electron chi connectivity index (χ0n) is 15.7. The Balaban J connectivity index is 0.000000208. The highest BCUT2D eigenvalue weighted by molar-refractivity contribution is 5.87. The average molecular weight is 368 g/mol. The first kappa shape index (κ1) is 20.2. The van der Waals surface area contributed by atoms with E-state index in [2.05, 4.69) is 18.5 Å². The first-order valence-electron chi connectivity index (χ1n) is 9.02. The number of rotatable bonds is 3. The molecule has 0 aliphatic carbocycles. The zero-order chi connectivity index (χ0) is 19.8. The summed E-state index contributed by atoms with van der Waals surface area (Å²) in [6.07, 6.45) is 7.13. The molecule has 6 N–H and O–H groups in total. The summed E-state index contributed by atoms with van der Waals surface area (Å²) < 4.78 is 0. The van der Waals surface area contributed by atoms with Crippen LogP contribution in [0.4, 0.5) is 5.82 Å². The van der Waals surface area contributed by atoms with Crippen molar-refractivity contribution in [2.24, 2.45) is 11.7 Å². The van der Waals surface area contributed by atoms with Crippen molar-refractivity contribution in [2.75, 3.05) is 18.8 Å². The van der Waals surface area contributed by atoms with E-state index in [0.29, 0.717) is 17.1 Å². The number of piperidine rings is 1. The maximum Gasteiger partial charge on any atom is 0.245 e. The van der Waals surface area contributed by atoms with Crippen LogP contribution in [-0.2, 0) is 4.79 Å². The highest BCUT2D eigenvalue weighted by Crippen LogP contribution is 2.24. The van der Waals surface area contributed by atoms with Crippen molar-refractivity contribution in [2.45, 2.75) is 19.8 Å². The van der Waals surface area contributed by atoms with E-state index >= 15 is 0 Å². The van der Waals surface area contributed by atoms with E-state index in [1.807, 2.05) is 17.0 Å². The summed E-state index contributed by atoms with van der Waals surface area (Å²) in [6.45, 7) is 7.51. The lowest BCUT2D eigenvalue weighted by molar-refractivity contribution is -0.127. The molecule has 3 rings (SSSR count). The van der Waals surface area contributed by atoms with Crippen LogP contribution in [0.5, 0.6) is 5.75 Å². The number of carbonyl (C=O) groups is 1. The number of hydrogen-bond donors (Lipinski definition) is 4. The Morgan fingerprint density at radius 2 is 1.96 bits per heavy atom. The molecule has 1 amide bonds. The van der Waals surface area contributed by atoms with E-state index in [1.54, 1.807) is 30.5 Å². The Hall–Kier alpha value is -3.15. The summed E-state index contributed by atoms with van der Waals surface area (Å²) in [4.78, 5) is 15.8. The molecule has 1 aromatic carbocycles. The molecular weight excluding hydrogens is 340 g/mol. The molecule has 0 bridgehead atoms. The number of nitrogens with two attached hydrogens (primary N) is 2. The number of anilines is 1. The molecule has 2 heterocycles. The number of likely N-dealkylation sites (tertiary alicyclic amines) is 1. The van der Waals surface area contributed by atoms with E-state index in [1.165, 1.54) is 6.08 Å². The summed E-state index contributed by atoms with van der Waals surface area (Å²) in [5.41, 5.74) is 13.5. The molecule has 1 aliphatic heterocycles. The van der Waals surface area contributed by atoms with Crippen LogP contribution < -0.4 is 11.5 Å². The van der Waals surface area contributed by atoms with Gasteiger partial charge in [0, 0.05) is 36.1 Å². The molecule has 144 valence electrons. The monoisotopic (exact) mass is 368 g/mol. The maximum absolute atomic E-state index is 11.1. The smallest absolute Gasteiger partial charge is 0.245 e. The lowest BCUT2D eigenvalue weighted by Crippen LogP contribution is -2.36. The molecule has 0 unspecified atom stereocenters. The predicted octanol–water partition coefficient (Wildman–Crippen LogP) is 3.19. The Morgan fingerprint density at radius 3 is 2.52 bits per heavy atom. The molecule has 1 aliphatic rings. The number of para-hydroxylation sites is 1. The van der Waals surface area contributed by atoms with Gasteiger partial charge in [-0.1, -0.05) is 25.6 Å². The molecule has 6 nitrogen and oxygen atoms in total. The molecule has 0 atom stereocenters. The van der Waals surface area contributed by atoms with E-state index in [-0.39, 0.29) is 11.7 Å². The van der Waals surface area contributed by atoms with Crippen LogP contribution >= 0.6 is 0 Å². The van der Waals surface area contributed by atoms with Gasteiger partial charge in [-0.25, -0.2) is 0 Å². The topological polar surface area (TPSA) is 108 Å². The third kappa shape index (κ3) is 5.67. The lowest BCUT2D eigenvalue weighted by Gasteiger charge is -2.29. The minimum atomic E-state index is 0.0805. The third-order valence-electron chi connectivity index (χ3n) is 4.61. The van der Waals surface area contributed by atoms with E-state index in [9.17, 15) is 9.90 Å². The van der Waals surface area contributed by atoms with Gasteiger partial charge >= 0.3 is 0 Å². The molecule has 1 fully saturated rings. The first-order chi connectivity index (χ1) is 12.9. The second-order valence-electron chi connectivity index (χ2n) is 6.68. The number of aromatic nitrogens is 1. The summed E-state index contributed by atoms with van der Waals surface area (Å²) in [7, 11) is 0. The molecule has 27 heavy (non-hydrogen) atoms. The Kier molecular flexibility index (Phi) is 7.11. The fourth-order valence-corrected chi connectivity index (χ4v) is 2.84. The SMILES string of the molecule is C=CC(=O)N1CCC(C)CC1.N/C(=C\c1cc[nH]c1N)c1ccccc1O. The fourth-order valence-electron chi connectivity index (χ4n) is 2.84. The Bertz CT molecular complexity index is 802. The van der Waals surface area contributed by atoms with Gasteiger partial charge in [0.25, 0.3) is 0 Å². The van der Waals surface area contributed by atoms with Crippen molar-refractivity contribution >= 4 is 23.5 Å². The number of nitrogens with zero attached hydrogens (tertiary/aromatic N) is 1. The van der Waals surface area contributed by atoms with Crippen LogP contribution in [0.2, 0.25) is 0 Å². The predicted molar refractivity (Wildman–Crippen MR) is 111 cm³/mol. The van der Waals surface area contributed by atoms with Gasteiger partial charge in [0.15, 0.2) is 0 Å². The Labute approximate surface area is 160 Å². The number of nitrogens with one attached hydrogen (secondary N) is 1. The number of phenols is 1. The normalized spacial score (nSPS) is 15.0. The molecule has 1 saturated heterocycles. The third-order valence-corrected chi connectivity index (χ3v) is 4.61. The van der Waals surface area contributed by atoms with E-state index in [4.69, 9.17) is 11.5 Å². The number of benzene rings is 1. The van der Waals surface area contributed by atoms with Crippen LogP contribution in [0.1, 0.15) is 30.9 Å². The quantitative estimate of drug-likeness (QED) is 0.624. The number of phenolic OH excluding ortho intramolecular Hbond substituents is 1. The first-order valence-corrected chi connectivity index (χ1v) is 9.02. The van der Waals surface area contributed by atoms with Crippen LogP contribution in [-0.4, -0.2) is 34.0 Å². The minimum Gasteiger partial charge on any atom is -0.507 e. The van der Waals surface area contributed by atoms with E-state index < -0.39 is 0 Å². The number of carbonyl (C=O) groups excluding carboxylic acids is 1. The summed E-state index contributed by atoms with van der Waals surface area (Å²) in [5, 5.41) is 9.62. The van der Waals surface area contributed by atoms with Gasteiger partial charge in [0.1, 0.15) is 11.6 Å². The van der Waals surface area contributed by atoms with Crippen molar-refractivity contribution < 1.29 is 9.90 Å². The van der Waals surface area contributed by atoms with Crippen LogP contribution in [0.25, 0.3) is 11.8 Å². The molecule has 0 spiro atoms.